The molecule has 0 bridgehead atoms. The van der Waals surface area contributed by atoms with Crippen LogP contribution in [0, 0.1) is 5.41 Å². The zero-order valence-corrected chi connectivity index (χ0v) is 12.0. The molecule has 0 spiro atoms. The molecule has 0 radical (unpaired) electrons. The summed E-state index contributed by atoms with van der Waals surface area (Å²) < 4.78 is 0. The van der Waals surface area contributed by atoms with Crippen LogP contribution in [0.25, 0.3) is 0 Å². The van der Waals surface area contributed by atoms with Gasteiger partial charge in [0.2, 0.25) is 0 Å². The fourth-order valence-corrected chi connectivity index (χ4v) is 2.32. The summed E-state index contributed by atoms with van der Waals surface area (Å²) in [6, 6.07) is -0.167. The fourth-order valence-electron chi connectivity index (χ4n) is 2.32. The molecule has 2 N–H and O–H groups in total. The number of amides is 2. The third-order valence-electron chi connectivity index (χ3n) is 4.00. The number of urea groups is 1. The van der Waals surface area contributed by atoms with E-state index >= 15 is 0 Å². The van der Waals surface area contributed by atoms with Gasteiger partial charge in [0, 0.05) is 19.6 Å². The monoisotopic (exact) mass is 268 g/mol. The van der Waals surface area contributed by atoms with Gasteiger partial charge < -0.3 is 15.3 Å². The number of carboxylic acid groups (broad SMARTS) is 1. The minimum atomic E-state index is -0.851. The Morgan fingerprint density at radius 1 is 1.42 bits per heavy atom. The predicted octanol–water partition coefficient (Wildman–Crippen LogP) is 2.24. The van der Waals surface area contributed by atoms with Gasteiger partial charge in [0.15, 0.2) is 0 Å². The summed E-state index contributed by atoms with van der Waals surface area (Å²) in [6.07, 6.45) is 4.02. The number of carbonyl (C=O) groups is 2. The van der Waals surface area contributed by atoms with E-state index in [-0.39, 0.29) is 12.6 Å². The van der Waals surface area contributed by atoms with Crippen molar-refractivity contribution < 1.29 is 14.7 Å². The highest BCUT2D eigenvalue weighted by Crippen LogP contribution is 2.25. The van der Waals surface area contributed by atoms with E-state index in [2.05, 4.69) is 11.4 Å². The first kappa shape index (κ1) is 15.5. The van der Waals surface area contributed by atoms with Crippen LogP contribution >= 0.6 is 0 Å². The van der Waals surface area contributed by atoms with Crippen LogP contribution < -0.4 is 5.32 Å². The van der Waals surface area contributed by atoms with E-state index in [0.29, 0.717) is 25.9 Å². The van der Waals surface area contributed by atoms with E-state index in [9.17, 15) is 14.7 Å². The van der Waals surface area contributed by atoms with Crippen LogP contribution in [0.3, 0.4) is 0 Å². The largest absolute Gasteiger partial charge is 0.481 e. The summed E-state index contributed by atoms with van der Waals surface area (Å²) in [7, 11) is 0. The second kappa shape index (κ2) is 6.59. The zero-order chi connectivity index (χ0) is 14.5. The van der Waals surface area contributed by atoms with Crippen molar-refractivity contribution >= 4 is 12.0 Å². The molecule has 108 valence electrons. The number of rotatable bonds is 5. The normalized spacial score (nSPS) is 15.9. The number of carboxylic acids is 1. The molecule has 0 aromatic carbocycles. The smallest absolute Gasteiger partial charge is 0.317 e. The molecule has 0 saturated heterocycles. The molecule has 5 heteroatoms. The molecular formula is C14H24N2O3. The van der Waals surface area contributed by atoms with Crippen molar-refractivity contribution in [3.05, 3.63) is 11.6 Å². The molecule has 19 heavy (non-hydrogen) atoms. The number of hydrogen-bond donors (Lipinski definition) is 2. The summed E-state index contributed by atoms with van der Waals surface area (Å²) in [6.45, 7) is 7.20. The van der Waals surface area contributed by atoms with Crippen LogP contribution in [-0.4, -0.2) is 41.6 Å². The van der Waals surface area contributed by atoms with Crippen molar-refractivity contribution in [3.8, 4) is 0 Å². The molecule has 0 fully saturated rings. The maximum Gasteiger partial charge on any atom is 0.317 e. The average Bonchev–Trinajstić information content (AvgIpc) is 2.40. The van der Waals surface area contributed by atoms with E-state index in [1.807, 2.05) is 20.8 Å². The third kappa shape index (κ3) is 3.72. The molecule has 0 atom stereocenters. The molecule has 1 heterocycles. The zero-order valence-electron chi connectivity index (χ0n) is 12.0. The Kier molecular flexibility index (Phi) is 5.39. The Labute approximate surface area is 114 Å². The number of hydrogen-bond acceptors (Lipinski definition) is 2. The average molecular weight is 268 g/mol. The maximum absolute atomic E-state index is 12.0. The lowest BCUT2D eigenvalue weighted by atomic mass is 9.82. The van der Waals surface area contributed by atoms with Crippen molar-refractivity contribution in [3.63, 3.8) is 0 Å². The lowest BCUT2D eigenvalue weighted by Gasteiger charge is -2.30. The molecule has 0 unspecified atom stereocenters. The molecule has 1 aliphatic heterocycles. The highest BCUT2D eigenvalue weighted by molar-refractivity contribution is 5.78. The van der Waals surface area contributed by atoms with Gasteiger partial charge in [0.25, 0.3) is 0 Å². The van der Waals surface area contributed by atoms with Gasteiger partial charge in [-0.25, -0.2) is 4.79 Å². The first-order valence-corrected chi connectivity index (χ1v) is 6.87. The van der Waals surface area contributed by atoms with E-state index in [0.717, 1.165) is 6.42 Å². The summed E-state index contributed by atoms with van der Waals surface area (Å²) in [5, 5.41) is 12.1. The van der Waals surface area contributed by atoms with Crippen molar-refractivity contribution in [1.29, 1.82) is 0 Å². The van der Waals surface area contributed by atoms with Gasteiger partial charge in [-0.05, 0) is 26.2 Å². The van der Waals surface area contributed by atoms with Crippen LogP contribution in [0.1, 0.15) is 40.0 Å². The Morgan fingerprint density at radius 3 is 2.53 bits per heavy atom. The Morgan fingerprint density at radius 2 is 2.05 bits per heavy atom. The highest BCUT2D eigenvalue weighted by Gasteiger charge is 2.35. The predicted molar refractivity (Wildman–Crippen MR) is 74.0 cm³/mol. The number of carbonyl (C=O) groups excluding carboxylic acids is 1. The van der Waals surface area contributed by atoms with Crippen molar-refractivity contribution in [2.24, 2.45) is 5.41 Å². The van der Waals surface area contributed by atoms with Crippen molar-refractivity contribution in [2.75, 3.05) is 19.6 Å². The molecule has 0 aromatic rings. The Balaban J connectivity index is 2.58. The summed E-state index contributed by atoms with van der Waals surface area (Å²) in [5.74, 6) is -0.840. The number of nitrogens with one attached hydrogen (secondary N) is 1. The summed E-state index contributed by atoms with van der Waals surface area (Å²) in [4.78, 5) is 25.1. The maximum atomic E-state index is 12.0. The van der Waals surface area contributed by atoms with Crippen LogP contribution in [0.15, 0.2) is 11.6 Å². The van der Waals surface area contributed by atoms with Crippen molar-refractivity contribution in [1.82, 2.24) is 10.2 Å². The van der Waals surface area contributed by atoms with E-state index in [1.165, 1.54) is 5.57 Å². The van der Waals surface area contributed by atoms with E-state index in [1.54, 1.807) is 4.90 Å². The summed E-state index contributed by atoms with van der Waals surface area (Å²) in [5.41, 5.74) is 0.327. The second-order valence-electron chi connectivity index (χ2n) is 5.21. The van der Waals surface area contributed by atoms with E-state index in [4.69, 9.17) is 0 Å². The van der Waals surface area contributed by atoms with E-state index < -0.39 is 11.4 Å². The number of nitrogens with zero attached hydrogens (tertiary/aromatic N) is 1. The molecule has 1 rings (SSSR count). The first-order valence-electron chi connectivity index (χ1n) is 6.87. The summed E-state index contributed by atoms with van der Waals surface area (Å²) >= 11 is 0. The Hall–Kier alpha value is -1.52. The third-order valence-corrected chi connectivity index (χ3v) is 4.00. The first-order chi connectivity index (χ1) is 8.95. The van der Waals surface area contributed by atoms with Crippen LogP contribution in [-0.2, 0) is 4.79 Å². The quantitative estimate of drug-likeness (QED) is 0.751. The minimum absolute atomic E-state index is 0.167. The second-order valence-corrected chi connectivity index (χ2v) is 5.21. The van der Waals surface area contributed by atoms with Crippen LogP contribution in [0.2, 0.25) is 0 Å². The van der Waals surface area contributed by atoms with Gasteiger partial charge in [-0.2, -0.15) is 0 Å². The van der Waals surface area contributed by atoms with Gasteiger partial charge >= 0.3 is 12.0 Å². The molecular weight excluding hydrogens is 244 g/mol. The lowest BCUT2D eigenvalue weighted by Crippen LogP contribution is -2.48. The standard InChI is InChI=1S/C14H24N2O3/c1-4-14(5-2,12(17)18)10-15-13(19)16-8-6-7-11(3)9-16/h7H,4-6,8-10H2,1-3H3,(H,15,19)(H,17,18). The van der Waals surface area contributed by atoms with Gasteiger partial charge in [-0.1, -0.05) is 25.5 Å². The van der Waals surface area contributed by atoms with Crippen LogP contribution in [0.4, 0.5) is 4.79 Å². The molecule has 0 aromatic heterocycles. The van der Waals surface area contributed by atoms with Gasteiger partial charge in [-0.3, -0.25) is 4.79 Å². The topological polar surface area (TPSA) is 69.6 Å². The molecule has 0 aliphatic carbocycles. The van der Waals surface area contributed by atoms with Crippen molar-refractivity contribution in [2.45, 2.75) is 40.0 Å². The minimum Gasteiger partial charge on any atom is -0.481 e. The molecule has 0 saturated carbocycles. The molecule has 2 amide bonds. The van der Waals surface area contributed by atoms with Gasteiger partial charge in [-0.15, -0.1) is 0 Å². The highest BCUT2D eigenvalue weighted by atomic mass is 16.4. The van der Waals surface area contributed by atoms with Crippen LogP contribution in [0.5, 0.6) is 0 Å². The Bertz CT molecular complexity index is 373. The van der Waals surface area contributed by atoms with Gasteiger partial charge in [0.1, 0.15) is 0 Å². The SMILES string of the molecule is CCC(CC)(CNC(=O)N1CCC=C(C)C1)C(=O)O. The molecule has 5 nitrogen and oxygen atoms in total. The lowest BCUT2D eigenvalue weighted by molar-refractivity contribution is -0.149. The number of aliphatic carboxylic acids is 1. The molecule has 1 aliphatic rings. The van der Waals surface area contributed by atoms with Gasteiger partial charge in [0.05, 0.1) is 5.41 Å². The fraction of sp³-hybridized carbons (Fsp3) is 0.714.